The molecule has 2 aromatic rings. The van der Waals surface area contributed by atoms with E-state index in [9.17, 15) is 4.79 Å². The first kappa shape index (κ1) is 9.01. The van der Waals surface area contributed by atoms with E-state index in [0.717, 1.165) is 9.15 Å². The summed E-state index contributed by atoms with van der Waals surface area (Å²) in [5.41, 5.74) is 5.62. The Morgan fingerprint density at radius 3 is 2.86 bits per heavy atom. The highest BCUT2D eigenvalue weighted by atomic mass is 79.9. The van der Waals surface area contributed by atoms with Crippen LogP contribution in [0.2, 0.25) is 0 Å². The topological polar surface area (TPSA) is 86.9 Å². The summed E-state index contributed by atoms with van der Waals surface area (Å²) >= 11 is 3.28. The standard InChI is InChI=1S/C8H7BrN4O/c9-4-1-2-5-6(3-4)12-8(14)13(11)7(5)10/h1-3H,10-11H2. The number of nitrogen functional groups attached to an aromatic ring is 2. The third-order valence-electron chi connectivity index (χ3n) is 1.92. The summed E-state index contributed by atoms with van der Waals surface area (Å²) in [7, 11) is 0. The summed E-state index contributed by atoms with van der Waals surface area (Å²) in [6.45, 7) is 0. The van der Waals surface area contributed by atoms with Crippen LogP contribution in [0.5, 0.6) is 0 Å². The molecule has 0 radical (unpaired) electrons. The van der Waals surface area contributed by atoms with Gasteiger partial charge in [-0.05, 0) is 18.2 Å². The molecule has 5 nitrogen and oxygen atoms in total. The van der Waals surface area contributed by atoms with Crippen molar-refractivity contribution < 1.29 is 0 Å². The van der Waals surface area contributed by atoms with Gasteiger partial charge >= 0.3 is 5.69 Å². The average molecular weight is 255 g/mol. The molecule has 0 aliphatic rings. The number of aromatic nitrogens is 2. The lowest BCUT2D eigenvalue weighted by molar-refractivity contribution is 0.905. The third-order valence-corrected chi connectivity index (χ3v) is 2.41. The van der Waals surface area contributed by atoms with Gasteiger partial charge < -0.3 is 11.6 Å². The fourth-order valence-corrected chi connectivity index (χ4v) is 1.55. The maximum atomic E-state index is 11.2. The first-order valence-corrected chi connectivity index (χ1v) is 4.62. The van der Waals surface area contributed by atoms with Crippen molar-refractivity contribution in [3.63, 3.8) is 0 Å². The summed E-state index contributed by atoms with van der Waals surface area (Å²) in [4.78, 5) is 15.0. The van der Waals surface area contributed by atoms with Gasteiger partial charge in [0.05, 0.1) is 5.52 Å². The minimum atomic E-state index is -0.562. The van der Waals surface area contributed by atoms with Gasteiger partial charge in [0.2, 0.25) is 0 Å². The number of benzene rings is 1. The van der Waals surface area contributed by atoms with Crippen molar-refractivity contribution in [3.05, 3.63) is 33.2 Å². The van der Waals surface area contributed by atoms with Crippen LogP contribution in [0.25, 0.3) is 10.9 Å². The lowest BCUT2D eigenvalue weighted by Gasteiger charge is -2.05. The highest BCUT2D eigenvalue weighted by Crippen LogP contribution is 2.20. The second-order valence-electron chi connectivity index (χ2n) is 2.81. The molecule has 0 spiro atoms. The van der Waals surface area contributed by atoms with Crippen LogP contribution in [0.3, 0.4) is 0 Å². The molecule has 0 saturated heterocycles. The first-order valence-electron chi connectivity index (χ1n) is 3.82. The van der Waals surface area contributed by atoms with E-state index in [0.29, 0.717) is 10.9 Å². The van der Waals surface area contributed by atoms with Crippen molar-refractivity contribution in [2.75, 3.05) is 11.6 Å². The molecule has 0 aliphatic heterocycles. The van der Waals surface area contributed by atoms with Gasteiger partial charge in [0.1, 0.15) is 5.82 Å². The number of anilines is 1. The molecule has 2 rings (SSSR count). The molecule has 4 N–H and O–H groups in total. The highest BCUT2D eigenvalue weighted by molar-refractivity contribution is 9.10. The van der Waals surface area contributed by atoms with Gasteiger partial charge in [0.15, 0.2) is 0 Å². The van der Waals surface area contributed by atoms with Crippen LogP contribution in [-0.2, 0) is 0 Å². The van der Waals surface area contributed by atoms with E-state index in [1.54, 1.807) is 12.1 Å². The molecule has 0 fully saturated rings. The summed E-state index contributed by atoms with van der Waals surface area (Å²) in [6, 6.07) is 5.28. The van der Waals surface area contributed by atoms with E-state index < -0.39 is 5.69 Å². The van der Waals surface area contributed by atoms with Gasteiger partial charge in [0.25, 0.3) is 0 Å². The van der Waals surface area contributed by atoms with E-state index >= 15 is 0 Å². The van der Waals surface area contributed by atoms with E-state index in [2.05, 4.69) is 20.9 Å². The van der Waals surface area contributed by atoms with E-state index in [-0.39, 0.29) is 5.82 Å². The Hall–Kier alpha value is -1.56. The number of hydrogen-bond donors (Lipinski definition) is 2. The first-order chi connectivity index (χ1) is 6.59. The van der Waals surface area contributed by atoms with Crippen LogP contribution in [0, 0.1) is 0 Å². The van der Waals surface area contributed by atoms with Gasteiger partial charge in [-0.1, -0.05) is 15.9 Å². The van der Waals surface area contributed by atoms with Gasteiger partial charge in [-0.25, -0.2) is 4.79 Å². The smallest absolute Gasteiger partial charge is 0.368 e. The molecule has 0 unspecified atom stereocenters. The molecule has 6 heteroatoms. The quantitative estimate of drug-likeness (QED) is 0.669. The van der Waals surface area contributed by atoms with E-state index in [4.69, 9.17) is 11.6 Å². The average Bonchev–Trinajstić information content (AvgIpc) is 2.14. The van der Waals surface area contributed by atoms with Crippen LogP contribution < -0.4 is 17.3 Å². The van der Waals surface area contributed by atoms with Crippen LogP contribution in [0.15, 0.2) is 27.5 Å². The fraction of sp³-hybridized carbons (Fsp3) is 0. The fourth-order valence-electron chi connectivity index (χ4n) is 1.20. The molecule has 0 aliphatic carbocycles. The molecule has 1 heterocycles. The molecule has 72 valence electrons. The molecular weight excluding hydrogens is 248 g/mol. The summed E-state index contributed by atoms with van der Waals surface area (Å²) in [5.74, 6) is 5.61. The molecule has 14 heavy (non-hydrogen) atoms. The molecule has 0 amide bonds. The monoisotopic (exact) mass is 254 g/mol. The van der Waals surface area contributed by atoms with Crippen molar-refractivity contribution in [3.8, 4) is 0 Å². The zero-order chi connectivity index (χ0) is 10.3. The maximum Gasteiger partial charge on any atom is 0.368 e. The van der Waals surface area contributed by atoms with Crippen molar-refractivity contribution >= 4 is 32.7 Å². The zero-order valence-electron chi connectivity index (χ0n) is 7.07. The lowest BCUT2D eigenvalue weighted by Crippen LogP contribution is -2.31. The summed E-state index contributed by atoms with van der Waals surface area (Å²) in [5, 5.41) is 0.662. The SMILES string of the molecule is Nc1c2ccc(Br)cc2nc(=O)n1N. The molecule has 1 aromatic carbocycles. The molecule has 0 bridgehead atoms. The third kappa shape index (κ3) is 1.24. The second-order valence-corrected chi connectivity index (χ2v) is 3.73. The van der Waals surface area contributed by atoms with Gasteiger partial charge in [-0.15, -0.1) is 0 Å². The number of rotatable bonds is 0. The largest absolute Gasteiger partial charge is 0.383 e. The number of fused-ring (bicyclic) bond motifs is 1. The Morgan fingerprint density at radius 1 is 1.43 bits per heavy atom. The predicted octanol–water partition coefficient (Wildman–Crippen LogP) is 0.455. The van der Waals surface area contributed by atoms with Gasteiger partial charge in [-0.2, -0.15) is 9.66 Å². The van der Waals surface area contributed by atoms with Gasteiger partial charge in [0, 0.05) is 9.86 Å². The molecule has 1 aromatic heterocycles. The minimum absolute atomic E-state index is 0.215. The number of nitrogens with two attached hydrogens (primary N) is 2. The van der Waals surface area contributed by atoms with E-state index in [1.807, 2.05) is 6.07 Å². The summed E-state index contributed by atoms with van der Waals surface area (Å²) < 4.78 is 1.67. The molecule has 0 saturated carbocycles. The van der Waals surface area contributed by atoms with Gasteiger partial charge in [-0.3, -0.25) is 0 Å². The second kappa shape index (κ2) is 2.98. The Balaban J connectivity index is 2.98. The predicted molar refractivity (Wildman–Crippen MR) is 58.3 cm³/mol. The molecule has 0 atom stereocenters. The number of hydrogen-bond acceptors (Lipinski definition) is 4. The number of nitrogens with zero attached hydrogens (tertiary/aromatic N) is 2. The zero-order valence-corrected chi connectivity index (χ0v) is 8.65. The Labute approximate surface area is 87.4 Å². The highest BCUT2D eigenvalue weighted by Gasteiger charge is 2.05. The van der Waals surface area contributed by atoms with Crippen molar-refractivity contribution in [2.24, 2.45) is 0 Å². The van der Waals surface area contributed by atoms with Crippen LogP contribution in [-0.4, -0.2) is 9.66 Å². The van der Waals surface area contributed by atoms with Crippen LogP contribution in [0.1, 0.15) is 0 Å². The Kier molecular flexibility index (Phi) is 1.92. The summed E-state index contributed by atoms with van der Waals surface area (Å²) in [6.07, 6.45) is 0. The Bertz CT molecular complexity index is 563. The Morgan fingerprint density at radius 2 is 2.14 bits per heavy atom. The minimum Gasteiger partial charge on any atom is -0.383 e. The van der Waals surface area contributed by atoms with Crippen LogP contribution >= 0.6 is 15.9 Å². The van der Waals surface area contributed by atoms with Crippen LogP contribution in [0.4, 0.5) is 5.82 Å². The van der Waals surface area contributed by atoms with Crippen molar-refractivity contribution in [1.29, 1.82) is 0 Å². The lowest BCUT2D eigenvalue weighted by atomic mass is 10.2. The normalized spacial score (nSPS) is 10.6. The number of halogens is 1. The van der Waals surface area contributed by atoms with E-state index in [1.165, 1.54) is 0 Å². The maximum absolute atomic E-state index is 11.2. The van der Waals surface area contributed by atoms with Crippen molar-refractivity contribution in [2.45, 2.75) is 0 Å². The molecular formula is C8H7BrN4O. The van der Waals surface area contributed by atoms with Crippen molar-refractivity contribution in [1.82, 2.24) is 9.66 Å².